The van der Waals surface area contributed by atoms with Crippen LogP contribution < -0.4 is 5.32 Å². The number of nitrogens with zero attached hydrogens (tertiary/aromatic N) is 1. The average Bonchev–Trinajstić information content (AvgIpc) is 3.03. The quantitative estimate of drug-likeness (QED) is 0.849. The van der Waals surface area contributed by atoms with E-state index in [4.69, 9.17) is 0 Å². The van der Waals surface area contributed by atoms with Gasteiger partial charge in [0, 0.05) is 24.7 Å². The van der Waals surface area contributed by atoms with Gasteiger partial charge in [0.25, 0.3) is 0 Å². The summed E-state index contributed by atoms with van der Waals surface area (Å²) in [5.41, 5.74) is 1.87. The highest BCUT2D eigenvalue weighted by molar-refractivity contribution is 5.30. The Labute approximate surface area is 143 Å². The van der Waals surface area contributed by atoms with Gasteiger partial charge in [0.15, 0.2) is 0 Å². The molecule has 2 atom stereocenters. The fourth-order valence-electron chi connectivity index (χ4n) is 3.38. The van der Waals surface area contributed by atoms with Gasteiger partial charge in [-0.05, 0) is 56.1 Å². The summed E-state index contributed by atoms with van der Waals surface area (Å²) in [4.78, 5) is 2.47. The number of nitrogens with one attached hydrogen (secondary N) is 1. The number of aromatic hydroxyl groups is 1. The van der Waals surface area contributed by atoms with Crippen LogP contribution >= 0.6 is 0 Å². The molecule has 1 aliphatic rings. The lowest BCUT2D eigenvalue weighted by Gasteiger charge is -2.19. The Morgan fingerprint density at radius 1 is 1.25 bits per heavy atom. The lowest BCUT2D eigenvalue weighted by Crippen LogP contribution is -2.28. The van der Waals surface area contributed by atoms with Crippen LogP contribution in [0.15, 0.2) is 48.5 Å². The number of phenolic OH excluding ortho intramolecular Hbond substituents is 1. The van der Waals surface area contributed by atoms with Gasteiger partial charge in [0.1, 0.15) is 11.6 Å². The number of phenols is 1. The van der Waals surface area contributed by atoms with Crippen molar-refractivity contribution in [3.8, 4) is 5.75 Å². The first-order valence-electron chi connectivity index (χ1n) is 8.60. The predicted octanol–water partition coefficient (Wildman–Crippen LogP) is 3.70. The highest BCUT2D eigenvalue weighted by Crippen LogP contribution is 2.23. The minimum Gasteiger partial charge on any atom is -0.508 e. The smallest absolute Gasteiger partial charge is 0.128 e. The Morgan fingerprint density at radius 3 is 2.83 bits per heavy atom. The number of hydrogen-bond acceptors (Lipinski definition) is 3. The van der Waals surface area contributed by atoms with Gasteiger partial charge in [0.05, 0.1) is 0 Å². The molecule has 128 valence electrons. The SMILES string of the molecule is CC(NCC1CCN(Cc2ccccc2)C1)c1cc(O)ccc1F. The van der Waals surface area contributed by atoms with E-state index in [0.717, 1.165) is 32.6 Å². The fourth-order valence-corrected chi connectivity index (χ4v) is 3.38. The summed E-state index contributed by atoms with van der Waals surface area (Å²) >= 11 is 0. The van der Waals surface area contributed by atoms with E-state index in [1.807, 2.05) is 13.0 Å². The summed E-state index contributed by atoms with van der Waals surface area (Å²) < 4.78 is 13.9. The molecule has 1 saturated heterocycles. The number of likely N-dealkylation sites (tertiary alicyclic amines) is 1. The van der Waals surface area contributed by atoms with Crippen LogP contribution in [0.1, 0.15) is 30.5 Å². The van der Waals surface area contributed by atoms with Gasteiger partial charge in [-0.25, -0.2) is 4.39 Å². The maximum atomic E-state index is 13.9. The number of benzene rings is 2. The molecule has 24 heavy (non-hydrogen) atoms. The lowest BCUT2D eigenvalue weighted by molar-refractivity contribution is 0.312. The Morgan fingerprint density at radius 2 is 2.04 bits per heavy atom. The molecular weight excluding hydrogens is 303 g/mol. The van der Waals surface area contributed by atoms with Crippen molar-refractivity contribution in [2.45, 2.75) is 25.9 Å². The molecule has 0 radical (unpaired) electrons. The highest BCUT2D eigenvalue weighted by atomic mass is 19.1. The second-order valence-electron chi connectivity index (χ2n) is 6.71. The van der Waals surface area contributed by atoms with E-state index in [1.165, 1.54) is 23.8 Å². The van der Waals surface area contributed by atoms with Crippen molar-refractivity contribution in [3.05, 3.63) is 65.5 Å². The molecule has 0 bridgehead atoms. The van der Waals surface area contributed by atoms with Crippen LogP contribution in [-0.2, 0) is 6.54 Å². The zero-order valence-electron chi connectivity index (χ0n) is 14.1. The molecule has 0 amide bonds. The van der Waals surface area contributed by atoms with E-state index < -0.39 is 0 Å². The molecule has 3 rings (SSSR count). The van der Waals surface area contributed by atoms with E-state index in [0.29, 0.717) is 11.5 Å². The van der Waals surface area contributed by atoms with Crippen LogP contribution in [0.25, 0.3) is 0 Å². The second-order valence-corrected chi connectivity index (χ2v) is 6.71. The lowest BCUT2D eigenvalue weighted by atomic mass is 10.1. The summed E-state index contributed by atoms with van der Waals surface area (Å²) in [5.74, 6) is 0.413. The molecule has 2 aromatic carbocycles. The minimum absolute atomic E-state index is 0.106. The average molecular weight is 328 g/mol. The molecule has 0 aromatic heterocycles. The van der Waals surface area contributed by atoms with Gasteiger partial charge in [-0.2, -0.15) is 0 Å². The number of halogens is 1. The summed E-state index contributed by atoms with van der Waals surface area (Å²) in [7, 11) is 0. The molecule has 1 fully saturated rings. The molecule has 4 heteroatoms. The summed E-state index contributed by atoms with van der Waals surface area (Å²) in [6.07, 6.45) is 1.16. The Hall–Kier alpha value is -1.91. The first-order valence-corrected chi connectivity index (χ1v) is 8.60. The molecule has 1 heterocycles. The Bertz CT molecular complexity index is 662. The molecule has 0 spiro atoms. The monoisotopic (exact) mass is 328 g/mol. The third-order valence-electron chi connectivity index (χ3n) is 4.78. The van der Waals surface area contributed by atoms with Crippen LogP contribution in [0, 0.1) is 11.7 Å². The van der Waals surface area contributed by atoms with E-state index in [2.05, 4.69) is 34.5 Å². The third kappa shape index (κ3) is 4.34. The van der Waals surface area contributed by atoms with E-state index in [1.54, 1.807) is 0 Å². The zero-order chi connectivity index (χ0) is 16.9. The van der Waals surface area contributed by atoms with Gasteiger partial charge in [0.2, 0.25) is 0 Å². The number of hydrogen-bond donors (Lipinski definition) is 2. The van der Waals surface area contributed by atoms with Crippen molar-refractivity contribution in [2.24, 2.45) is 5.92 Å². The van der Waals surface area contributed by atoms with Gasteiger partial charge < -0.3 is 10.4 Å². The van der Waals surface area contributed by atoms with Gasteiger partial charge >= 0.3 is 0 Å². The zero-order valence-corrected chi connectivity index (χ0v) is 14.1. The second kappa shape index (κ2) is 7.77. The normalized spacial score (nSPS) is 19.5. The molecule has 2 unspecified atom stereocenters. The van der Waals surface area contributed by atoms with Crippen molar-refractivity contribution < 1.29 is 9.50 Å². The molecule has 3 nitrogen and oxygen atoms in total. The summed E-state index contributed by atoms with van der Waals surface area (Å²) in [6.45, 7) is 5.97. The van der Waals surface area contributed by atoms with Crippen LogP contribution in [0.2, 0.25) is 0 Å². The summed E-state index contributed by atoms with van der Waals surface area (Å²) in [5, 5.41) is 13.0. The van der Waals surface area contributed by atoms with Crippen molar-refractivity contribution in [1.82, 2.24) is 10.2 Å². The third-order valence-corrected chi connectivity index (χ3v) is 4.78. The Balaban J connectivity index is 1.48. The molecule has 0 aliphatic carbocycles. The van der Waals surface area contributed by atoms with Crippen molar-refractivity contribution in [2.75, 3.05) is 19.6 Å². The van der Waals surface area contributed by atoms with Crippen LogP contribution in [0.4, 0.5) is 4.39 Å². The Kier molecular flexibility index (Phi) is 5.48. The van der Waals surface area contributed by atoms with E-state index in [9.17, 15) is 9.50 Å². The minimum atomic E-state index is -0.273. The van der Waals surface area contributed by atoms with Crippen molar-refractivity contribution in [1.29, 1.82) is 0 Å². The summed E-state index contributed by atoms with van der Waals surface area (Å²) in [6, 6.07) is 14.6. The van der Waals surface area contributed by atoms with Crippen molar-refractivity contribution >= 4 is 0 Å². The van der Waals surface area contributed by atoms with Gasteiger partial charge in [-0.1, -0.05) is 30.3 Å². The first-order chi connectivity index (χ1) is 11.6. The molecule has 2 N–H and O–H groups in total. The van der Waals surface area contributed by atoms with Crippen LogP contribution in [0.5, 0.6) is 5.75 Å². The standard InChI is InChI=1S/C20H25FN2O/c1-15(19-11-18(24)7-8-20(19)21)22-12-17-9-10-23(14-17)13-16-5-3-2-4-6-16/h2-8,11,15,17,22,24H,9-10,12-14H2,1H3. The van der Waals surface area contributed by atoms with E-state index >= 15 is 0 Å². The van der Waals surface area contributed by atoms with Crippen LogP contribution in [-0.4, -0.2) is 29.6 Å². The molecule has 0 saturated carbocycles. The maximum Gasteiger partial charge on any atom is 0.128 e. The predicted molar refractivity (Wildman–Crippen MR) is 94.3 cm³/mol. The molecule has 2 aromatic rings. The van der Waals surface area contributed by atoms with Crippen LogP contribution in [0.3, 0.4) is 0 Å². The number of rotatable bonds is 6. The molecule has 1 aliphatic heterocycles. The van der Waals surface area contributed by atoms with Gasteiger partial charge in [-0.3, -0.25) is 4.90 Å². The molecular formula is C20H25FN2O. The van der Waals surface area contributed by atoms with E-state index in [-0.39, 0.29) is 17.6 Å². The van der Waals surface area contributed by atoms with Crippen molar-refractivity contribution in [3.63, 3.8) is 0 Å². The first kappa shape index (κ1) is 16.9. The largest absolute Gasteiger partial charge is 0.508 e. The highest BCUT2D eigenvalue weighted by Gasteiger charge is 2.23. The van der Waals surface area contributed by atoms with Gasteiger partial charge in [-0.15, -0.1) is 0 Å². The maximum absolute atomic E-state index is 13.9. The topological polar surface area (TPSA) is 35.5 Å². The fraction of sp³-hybridized carbons (Fsp3) is 0.400.